The molecule has 0 aliphatic carbocycles. The Morgan fingerprint density at radius 1 is 1.17 bits per heavy atom. The van der Waals surface area contributed by atoms with Crippen molar-refractivity contribution in [2.24, 2.45) is 0 Å². The second kappa shape index (κ2) is 7.49. The minimum Gasteiger partial charge on any atom is -0.318 e. The summed E-state index contributed by atoms with van der Waals surface area (Å²) >= 11 is 0. The third-order valence-electron chi connectivity index (χ3n) is 1.98. The Morgan fingerprint density at radius 2 is 1.83 bits per heavy atom. The van der Waals surface area contributed by atoms with Crippen molar-refractivity contribution >= 4 is 0 Å². The van der Waals surface area contributed by atoms with E-state index in [-0.39, 0.29) is 0 Å². The van der Waals surface area contributed by atoms with Crippen LogP contribution in [0.2, 0.25) is 0 Å². The first-order valence-corrected chi connectivity index (χ1v) is 4.43. The monoisotopic (exact) mass is 174 g/mol. The summed E-state index contributed by atoms with van der Waals surface area (Å²) in [6.45, 7) is 3.05. The first-order valence-electron chi connectivity index (χ1n) is 4.43. The van der Waals surface area contributed by atoms with Crippen LogP contribution in [0, 0.1) is 0 Å². The van der Waals surface area contributed by atoms with Gasteiger partial charge in [0.2, 0.25) is 0 Å². The van der Waals surface area contributed by atoms with E-state index in [4.69, 9.17) is 0 Å². The zero-order chi connectivity index (χ0) is 9.40. The summed E-state index contributed by atoms with van der Waals surface area (Å²) in [7, 11) is 8.05. The van der Waals surface area contributed by atoms with Crippen molar-refractivity contribution < 1.29 is 0 Å². The highest BCUT2D eigenvalue weighted by Gasteiger charge is 2.09. The largest absolute Gasteiger partial charge is 0.318 e. The van der Waals surface area contributed by atoms with Gasteiger partial charge in [-0.1, -0.05) is 0 Å². The van der Waals surface area contributed by atoms with Gasteiger partial charge in [-0.05, 0) is 28.2 Å². The molecular weight excluding hydrogens is 152 g/mol. The van der Waals surface area contributed by atoms with E-state index in [1.807, 2.05) is 21.1 Å². The van der Waals surface area contributed by atoms with E-state index in [0.29, 0.717) is 6.17 Å². The molecule has 1 atom stereocenters. The van der Waals surface area contributed by atoms with Crippen molar-refractivity contribution in [3.8, 4) is 0 Å². The molecule has 0 heterocycles. The van der Waals surface area contributed by atoms with Crippen LogP contribution in [0.5, 0.6) is 0 Å². The molecule has 4 heteroatoms. The van der Waals surface area contributed by atoms with Crippen molar-refractivity contribution in [3.63, 3.8) is 0 Å². The molecule has 12 heavy (non-hydrogen) atoms. The molecule has 0 amide bonds. The third kappa shape index (κ3) is 4.66. The molecule has 0 radical (unpaired) electrons. The molecular formula is C8H22N4. The van der Waals surface area contributed by atoms with E-state index in [1.165, 1.54) is 0 Å². The highest BCUT2D eigenvalue weighted by atomic mass is 15.3. The van der Waals surface area contributed by atoms with Gasteiger partial charge in [-0.3, -0.25) is 4.90 Å². The van der Waals surface area contributed by atoms with Crippen LogP contribution >= 0.6 is 0 Å². The average Bonchev–Trinajstić information content (AvgIpc) is 2.10. The van der Waals surface area contributed by atoms with Crippen LogP contribution in [0.15, 0.2) is 0 Å². The fraction of sp³-hybridized carbons (Fsp3) is 1.00. The number of hydrogen-bond donors (Lipinski definition) is 3. The van der Waals surface area contributed by atoms with Crippen LogP contribution in [0.3, 0.4) is 0 Å². The van der Waals surface area contributed by atoms with Crippen molar-refractivity contribution in [2.75, 3.05) is 47.8 Å². The first-order chi connectivity index (χ1) is 5.76. The maximum absolute atomic E-state index is 3.25. The summed E-state index contributed by atoms with van der Waals surface area (Å²) in [4.78, 5) is 2.28. The van der Waals surface area contributed by atoms with Gasteiger partial charge >= 0.3 is 0 Å². The van der Waals surface area contributed by atoms with Crippen LogP contribution in [0.1, 0.15) is 0 Å². The third-order valence-corrected chi connectivity index (χ3v) is 1.98. The summed E-state index contributed by atoms with van der Waals surface area (Å²) in [5.41, 5.74) is 0. The van der Waals surface area contributed by atoms with E-state index in [9.17, 15) is 0 Å². The highest BCUT2D eigenvalue weighted by molar-refractivity contribution is 4.66. The first kappa shape index (κ1) is 11.8. The lowest BCUT2D eigenvalue weighted by Crippen LogP contribution is -2.49. The zero-order valence-corrected chi connectivity index (χ0v) is 8.65. The molecule has 74 valence electrons. The normalized spacial score (nSPS) is 13.8. The molecule has 0 saturated heterocycles. The summed E-state index contributed by atoms with van der Waals surface area (Å²) < 4.78 is 0. The van der Waals surface area contributed by atoms with Gasteiger partial charge < -0.3 is 16.0 Å². The van der Waals surface area contributed by atoms with Gasteiger partial charge in [0, 0.05) is 19.6 Å². The summed E-state index contributed by atoms with van der Waals surface area (Å²) in [6, 6.07) is 0. The van der Waals surface area contributed by atoms with Gasteiger partial charge in [-0.2, -0.15) is 0 Å². The van der Waals surface area contributed by atoms with Crippen molar-refractivity contribution in [1.29, 1.82) is 0 Å². The lowest BCUT2D eigenvalue weighted by Gasteiger charge is -2.27. The van der Waals surface area contributed by atoms with E-state index in [2.05, 4.69) is 27.9 Å². The van der Waals surface area contributed by atoms with Crippen LogP contribution in [0.25, 0.3) is 0 Å². The van der Waals surface area contributed by atoms with Gasteiger partial charge in [-0.15, -0.1) is 0 Å². The average molecular weight is 174 g/mol. The second-order valence-electron chi connectivity index (χ2n) is 2.95. The van der Waals surface area contributed by atoms with Crippen LogP contribution in [-0.2, 0) is 0 Å². The van der Waals surface area contributed by atoms with Crippen molar-refractivity contribution in [3.05, 3.63) is 0 Å². The lowest BCUT2D eigenvalue weighted by molar-refractivity contribution is 0.213. The Balaban J connectivity index is 3.60. The van der Waals surface area contributed by atoms with E-state index in [0.717, 1.165) is 19.6 Å². The smallest absolute Gasteiger partial charge is 0.0721 e. The Morgan fingerprint density at radius 3 is 2.25 bits per heavy atom. The molecule has 0 aromatic heterocycles. The number of nitrogens with zero attached hydrogens (tertiary/aromatic N) is 1. The van der Waals surface area contributed by atoms with Crippen molar-refractivity contribution in [2.45, 2.75) is 6.17 Å². The molecule has 1 unspecified atom stereocenters. The van der Waals surface area contributed by atoms with Gasteiger partial charge in [-0.25, -0.2) is 0 Å². The van der Waals surface area contributed by atoms with E-state index >= 15 is 0 Å². The minimum atomic E-state index is 0.420. The molecule has 0 fully saturated rings. The van der Waals surface area contributed by atoms with Gasteiger partial charge in [0.1, 0.15) is 0 Å². The van der Waals surface area contributed by atoms with E-state index < -0.39 is 0 Å². The molecule has 0 aliphatic heterocycles. The molecule has 0 spiro atoms. The Labute approximate surface area is 75.7 Å². The molecule has 0 saturated carbocycles. The predicted octanol–water partition coefficient (Wildman–Crippen LogP) is -1.10. The number of rotatable bonds is 7. The number of likely N-dealkylation sites (N-methyl/N-ethyl adjacent to an activating group) is 4. The quantitative estimate of drug-likeness (QED) is 0.429. The second-order valence-corrected chi connectivity index (χ2v) is 2.95. The molecule has 0 aliphatic rings. The van der Waals surface area contributed by atoms with Crippen LogP contribution in [0.4, 0.5) is 0 Å². The number of nitrogens with one attached hydrogen (secondary N) is 3. The minimum absolute atomic E-state index is 0.420. The lowest BCUT2D eigenvalue weighted by atomic mass is 10.4. The Hall–Kier alpha value is -0.160. The predicted molar refractivity (Wildman–Crippen MR) is 53.3 cm³/mol. The SMILES string of the molecule is CNCCN(C)C(CNC)NC. The molecule has 0 bridgehead atoms. The summed E-state index contributed by atoms with van der Waals surface area (Å²) in [5.74, 6) is 0. The number of hydrogen-bond acceptors (Lipinski definition) is 4. The summed E-state index contributed by atoms with van der Waals surface area (Å²) in [5, 5.41) is 9.53. The Kier molecular flexibility index (Phi) is 7.39. The molecule has 0 aromatic carbocycles. The van der Waals surface area contributed by atoms with Gasteiger partial charge in [0.05, 0.1) is 6.17 Å². The standard InChI is InChI=1S/C8H22N4/c1-9-5-6-12(4)8(11-3)7-10-2/h8-11H,5-7H2,1-4H3. The molecule has 4 nitrogen and oxygen atoms in total. The topological polar surface area (TPSA) is 39.3 Å². The molecule has 0 rings (SSSR count). The fourth-order valence-electron chi connectivity index (χ4n) is 1.12. The van der Waals surface area contributed by atoms with E-state index in [1.54, 1.807) is 0 Å². The summed E-state index contributed by atoms with van der Waals surface area (Å²) in [6.07, 6.45) is 0.420. The maximum atomic E-state index is 3.25. The van der Waals surface area contributed by atoms with Crippen LogP contribution < -0.4 is 16.0 Å². The highest BCUT2D eigenvalue weighted by Crippen LogP contribution is 1.88. The molecule has 0 aromatic rings. The maximum Gasteiger partial charge on any atom is 0.0721 e. The fourth-order valence-corrected chi connectivity index (χ4v) is 1.12. The van der Waals surface area contributed by atoms with Crippen molar-refractivity contribution in [1.82, 2.24) is 20.9 Å². The van der Waals surface area contributed by atoms with Gasteiger partial charge in [0.25, 0.3) is 0 Å². The van der Waals surface area contributed by atoms with Gasteiger partial charge in [0.15, 0.2) is 0 Å². The van der Waals surface area contributed by atoms with Crippen LogP contribution in [-0.4, -0.2) is 58.9 Å². The molecule has 3 N–H and O–H groups in total. The zero-order valence-electron chi connectivity index (χ0n) is 8.65. The Bertz CT molecular complexity index is 97.1.